The third-order valence-electron chi connectivity index (χ3n) is 2.59. The molecule has 2 aromatic rings. The minimum Gasteiger partial charge on any atom is -0.497 e. The number of carbonyl (C=O) groups excluding carboxylic acids is 1. The maximum absolute atomic E-state index is 12.2. The van der Waals surface area contributed by atoms with Crippen molar-refractivity contribution in [3.63, 3.8) is 0 Å². The lowest BCUT2D eigenvalue weighted by molar-refractivity contribution is 0.0714. The maximum atomic E-state index is 12.2. The number of hydrogen-bond acceptors (Lipinski definition) is 7. The molecule has 0 atom stereocenters. The maximum Gasteiger partial charge on any atom is 0.350 e. The van der Waals surface area contributed by atoms with Crippen LogP contribution in [-0.2, 0) is 0 Å². The molecular weight excluding hydrogens is 262 g/mol. The number of carbonyl (C=O) groups is 1. The van der Waals surface area contributed by atoms with Gasteiger partial charge in [0.05, 0.1) is 14.2 Å². The normalized spacial score (nSPS) is 9.95. The second-order valence-electron chi connectivity index (χ2n) is 3.83. The molecule has 2 rings (SSSR count). The average molecular weight is 275 g/mol. The molecule has 0 aliphatic heterocycles. The lowest BCUT2D eigenvalue weighted by Gasteiger charge is -2.12. The Morgan fingerprint density at radius 1 is 1.10 bits per heavy atom. The van der Waals surface area contributed by atoms with E-state index in [1.54, 1.807) is 19.1 Å². The Morgan fingerprint density at radius 2 is 1.80 bits per heavy atom. The second kappa shape index (κ2) is 5.96. The van der Waals surface area contributed by atoms with Crippen LogP contribution in [0.5, 0.6) is 17.5 Å². The monoisotopic (exact) mass is 275 g/mol. The molecule has 0 saturated carbocycles. The van der Waals surface area contributed by atoms with Crippen LogP contribution in [0.25, 0.3) is 0 Å². The van der Waals surface area contributed by atoms with E-state index in [1.807, 2.05) is 0 Å². The Labute approximate surface area is 115 Å². The van der Waals surface area contributed by atoms with E-state index >= 15 is 0 Å². The molecule has 20 heavy (non-hydrogen) atoms. The van der Waals surface area contributed by atoms with Gasteiger partial charge in [-0.15, -0.1) is 0 Å². The first-order chi connectivity index (χ1) is 9.65. The number of hydrogen-bond donors (Lipinski definition) is 0. The molecule has 0 unspecified atom stereocenters. The summed E-state index contributed by atoms with van der Waals surface area (Å²) in [7, 11) is 3.00. The Balaban J connectivity index is 2.34. The van der Waals surface area contributed by atoms with Crippen LogP contribution in [0.2, 0.25) is 0 Å². The molecule has 1 heterocycles. The number of rotatable bonds is 4. The first kappa shape index (κ1) is 13.7. The predicted molar refractivity (Wildman–Crippen MR) is 69.1 cm³/mol. The highest BCUT2D eigenvalue weighted by Gasteiger charge is 2.20. The Morgan fingerprint density at radius 3 is 2.40 bits per heavy atom. The molecule has 104 valence electrons. The molecule has 7 nitrogen and oxygen atoms in total. The predicted octanol–water partition coefficient (Wildman–Crippen LogP) is 1.42. The van der Waals surface area contributed by atoms with Gasteiger partial charge in [-0.25, -0.2) is 9.78 Å². The van der Waals surface area contributed by atoms with Crippen LogP contribution in [0.15, 0.2) is 24.8 Å². The largest absolute Gasteiger partial charge is 0.497 e. The van der Waals surface area contributed by atoms with Crippen LogP contribution < -0.4 is 14.2 Å². The fourth-order valence-electron chi connectivity index (χ4n) is 1.68. The van der Waals surface area contributed by atoms with E-state index in [1.165, 1.54) is 26.9 Å². The van der Waals surface area contributed by atoms with E-state index in [-0.39, 0.29) is 6.01 Å². The summed E-state index contributed by atoms with van der Waals surface area (Å²) in [5.41, 5.74) is 0.967. The third-order valence-corrected chi connectivity index (χ3v) is 2.59. The van der Waals surface area contributed by atoms with Crippen molar-refractivity contribution in [3.8, 4) is 17.5 Å². The molecule has 0 amide bonds. The Bertz CT molecular complexity index is 617. The van der Waals surface area contributed by atoms with Gasteiger partial charge in [0.25, 0.3) is 0 Å². The summed E-state index contributed by atoms with van der Waals surface area (Å²) in [5, 5.41) is 0. The van der Waals surface area contributed by atoms with Crippen molar-refractivity contribution in [2.75, 3.05) is 14.2 Å². The van der Waals surface area contributed by atoms with Gasteiger partial charge < -0.3 is 14.2 Å². The smallest absolute Gasteiger partial charge is 0.350 e. The van der Waals surface area contributed by atoms with Crippen molar-refractivity contribution < 1.29 is 19.0 Å². The SMILES string of the molecule is COc1cc(C)c(C(=O)Oc2ncncn2)c(OC)c1. The van der Waals surface area contributed by atoms with Crippen molar-refractivity contribution in [2.24, 2.45) is 0 Å². The van der Waals surface area contributed by atoms with Gasteiger partial charge in [0.2, 0.25) is 0 Å². The van der Waals surface area contributed by atoms with Crippen LogP contribution in [0.4, 0.5) is 0 Å². The lowest BCUT2D eigenvalue weighted by atomic mass is 10.1. The average Bonchev–Trinajstić information content (AvgIpc) is 2.47. The van der Waals surface area contributed by atoms with Gasteiger partial charge >= 0.3 is 12.0 Å². The van der Waals surface area contributed by atoms with Crippen molar-refractivity contribution in [1.82, 2.24) is 15.0 Å². The summed E-state index contributed by atoms with van der Waals surface area (Å²) < 4.78 is 15.4. The van der Waals surface area contributed by atoms with Crippen LogP contribution in [0.3, 0.4) is 0 Å². The van der Waals surface area contributed by atoms with Crippen LogP contribution in [0.1, 0.15) is 15.9 Å². The number of nitrogens with zero attached hydrogens (tertiary/aromatic N) is 3. The highest BCUT2D eigenvalue weighted by atomic mass is 16.6. The van der Waals surface area contributed by atoms with E-state index in [9.17, 15) is 4.79 Å². The molecule has 0 saturated heterocycles. The highest BCUT2D eigenvalue weighted by Crippen LogP contribution is 2.29. The van der Waals surface area contributed by atoms with Crippen molar-refractivity contribution in [3.05, 3.63) is 35.9 Å². The zero-order valence-corrected chi connectivity index (χ0v) is 11.3. The van der Waals surface area contributed by atoms with Gasteiger partial charge in [0.1, 0.15) is 29.7 Å². The molecule has 0 fully saturated rings. The fourth-order valence-corrected chi connectivity index (χ4v) is 1.68. The second-order valence-corrected chi connectivity index (χ2v) is 3.83. The molecule has 1 aromatic heterocycles. The van der Waals surface area contributed by atoms with Crippen LogP contribution >= 0.6 is 0 Å². The van der Waals surface area contributed by atoms with Crippen LogP contribution in [0, 0.1) is 6.92 Å². The quantitative estimate of drug-likeness (QED) is 0.780. The van der Waals surface area contributed by atoms with E-state index < -0.39 is 5.97 Å². The lowest BCUT2D eigenvalue weighted by Crippen LogP contribution is -2.13. The molecule has 0 bridgehead atoms. The Kier molecular flexibility index (Phi) is 4.09. The number of aromatic nitrogens is 3. The van der Waals surface area contributed by atoms with Gasteiger partial charge in [-0.3, -0.25) is 0 Å². The standard InChI is InChI=1S/C13H13N3O4/c1-8-4-9(18-2)5-10(19-3)11(8)12(17)20-13-15-6-14-7-16-13/h4-7H,1-3H3. The molecule has 0 radical (unpaired) electrons. The fraction of sp³-hybridized carbons (Fsp3) is 0.231. The topological polar surface area (TPSA) is 83.4 Å². The summed E-state index contributed by atoms with van der Waals surface area (Å²) in [6.07, 6.45) is 2.49. The minimum atomic E-state index is -0.604. The summed E-state index contributed by atoms with van der Waals surface area (Å²) in [4.78, 5) is 23.3. The molecule has 7 heteroatoms. The molecule has 0 aliphatic carbocycles. The zero-order chi connectivity index (χ0) is 14.5. The first-order valence-electron chi connectivity index (χ1n) is 5.72. The number of methoxy groups -OCH3 is 2. The Hall–Kier alpha value is -2.70. The van der Waals surface area contributed by atoms with Gasteiger partial charge in [-0.05, 0) is 18.6 Å². The number of aryl methyl sites for hydroxylation is 1. The molecule has 0 aliphatic rings. The van der Waals surface area contributed by atoms with E-state index in [4.69, 9.17) is 14.2 Å². The minimum absolute atomic E-state index is 0.0673. The van der Waals surface area contributed by atoms with Gasteiger partial charge in [0.15, 0.2) is 0 Å². The summed E-state index contributed by atoms with van der Waals surface area (Å²) in [6.45, 7) is 1.76. The van der Waals surface area contributed by atoms with Crippen molar-refractivity contribution in [2.45, 2.75) is 6.92 Å². The van der Waals surface area contributed by atoms with Gasteiger partial charge in [-0.1, -0.05) is 0 Å². The molecule has 0 N–H and O–H groups in total. The molecular formula is C13H13N3O4. The number of esters is 1. The highest BCUT2D eigenvalue weighted by molar-refractivity contribution is 5.95. The molecule has 0 spiro atoms. The van der Waals surface area contributed by atoms with E-state index in [2.05, 4.69) is 15.0 Å². The number of ether oxygens (including phenoxy) is 3. The third kappa shape index (κ3) is 2.82. The van der Waals surface area contributed by atoms with Gasteiger partial charge in [0, 0.05) is 6.07 Å². The van der Waals surface area contributed by atoms with E-state index in [0.29, 0.717) is 22.6 Å². The van der Waals surface area contributed by atoms with Crippen LogP contribution in [-0.4, -0.2) is 35.1 Å². The van der Waals surface area contributed by atoms with Gasteiger partial charge in [-0.2, -0.15) is 9.97 Å². The van der Waals surface area contributed by atoms with Crippen molar-refractivity contribution in [1.29, 1.82) is 0 Å². The van der Waals surface area contributed by atoms with Crippen molar-refractivity contribution >= 4 is 5.97 Å². The number of benzene rings is 1. The summed E-state index contributed by atoms with van der Waals surface area (Å²) in [5.74, 6) is 0.352. The zero-order valence-electron chi connectivity index (χ0n) is 11.3. The summed E-state index contributed by atoms with van der Waals surface area (Å²) in [6, 6.07) is 3.26. The summed E-state index contributed by atoms with van der Waals surface area (Å²) >= 11 is 0. The van der Waals surface area contributed by atoms with E-state index in [0.717, 1.165) is 0 Å². The first-order valence-corrected chi connectivity index (χ1v) is 5.72. The molecule has 1 aromatic carbocycles.